The Labute approximate surface area is 68.6 Å². The fourth-order valence-corrected chi connectivity index (χ4v) is 1.09. The van der Waals surface area contributed by atoms with E-state index in [0.29, 0.717) is 0 Å². The highest BCUT2D eigenvalue weighted by Gasteiger charge is 2.01. The van der Waals surface area contributed by atoms with Gasteiger partial charge < -0.3 is 5.73 Å². The van der Waals surface area contributed by atoms with Crippen LogP contribution in [0.15, 0.2) is 10.8 Å². The van der Waals surface area contributed by atoms with Gasteiger partial charge in [-0.2, -0.15) is 0 Å². The van der Waals surface area contributed by atoms with Crippen LogP contribution in [-0.2, 0) is 0 Å². The van der Waals surface area contributed by atoms with Crippen molar-refractivity contribution in [1.29, 1.82) is 0 Å². The summed E-state index contributed by atoms with van der Waals surface area (Å²) < 4.78 is 0.732. The van der Waals surface area contributed by atoms with Gasteiger partial charge in [0.15, 0.2) is 0 Å². The Morgan fingerprint density at radius 1 is 1.50 bits per heavy atom. The number of anilines is 1. The lowest BCUT2D eigenvalue weighted by atomic mass is 10.1. The molecule has 54 valence electrons. The van der Waals surface area contributed by atoms with Crippen LogP contribution < -0.4 is 5.73 Å². The zero-order valence-electron chi connectivity index (χ0n) is 5.98. The lowest BCUT2D eigenvalue weighted by molar-refractivity contribution is 1.19. The summed E-state index contributed by atoms with van der Waals surface area (Å²) in [6, 6.07) is 0. The van der Waals surface area contributed by atoms with E-state index in [0.717, 1.165) is 21.4 Å². The van der Waals surface area contributed by atoms with E-state index < -0.39 is 0 Å². The summed E-state index contributed by atoms with van der Waals surface area (Å²) >= 11 is 3.24. The molecule has 2 N–H and O–H groups in total. The molecule has 1 aromatic heterocycles. The molecular formula is C7H9BrN2. The maximum absolute atomic E-state index is 5.67. The summed E-state index contributed by atoms with van der Waals surface area (Å²) in [5.74, 6) is 0. The smallest absolute Gasteiger partial charge is 0.129 e. The summed E-state index contributed by atoms with van der Waals surface area (Å²) in [6.07, 6.45) is 1.80. The molecular weight excluding hydrogens is 192 g/mol. The topological polar surface area (TPSA) is 38.9 Å². The largest absolute Gasteiger partial charge is 0.396 e. The molecule has 1 rings (SSSR count). The molecule has 0 fully saturated rings. The molecule has 0 bridgehead atoms. The van der Waals surface area contributed by atoms with Gasteiger partial charge in [-0.25, -0.2) is 4.98 Å². The van der Waals surface area contributed by atoms with Crippen molar-refractivity contribution >= 4 is 21.6 Å². The SMILES string of the molecule is Cc1cnc(Br)c(N)c1C. The second-order valence-corrected chi connectivity index (χ2v) is 3.02. The maximum Gasteiger partial charge on any atom is 0.129 e. The average Bonchev–Trinajstić information content (AvgIpc) is 1.93. The highest BCUT2D eigenvalue weighted by Crippen LogP contribution is 2.21. The van der Waals surface area contributed by atoms with E-state index in [1.807, 2.05) is 13.8 Å². The summed E-state index contributed by atoms with van der Waals surface area (Å²) in [6.45, 7) is 3.97. The predicted molar refractivity (Wildman–Crippen MR) is 45.8 cm³/mol. The van der Waals surface area contributed by atoms with Crippen LogP contribution in [0.2, 0.25) is 0 Å². The second kappa shape index (κ2) is 2.58. The second-order valence-electron chi connectivity index (χ2n) is 2.27. The van der Waals surface area contributed by atoms with Crippen LogP contribution in [0, 0.1) is 13.8 Å². The lowest BCUT2D eigenvalue weighted by Crippen LogP contribution is -1.95. The van der Waals surface area contributed by atoms with Gasteiger partial charge in [0.1, 0.15) is 4.60 Å². The number of rotatable bonds is 0. The molecule has 0 saturated heterocycles. The van der Waals surface area contributed by atoms with Crippen molar-refractivity contribution in [2.24, 2.45) is 0 Å². The van der Waals surface area contributed by atoms with Crippen molar-refractivity contribution in [2.75, 3.05) is 5.73 Å². The summed E-state index contributed by atoms with van der Waals surface area (Å²) in [7, 11) is 0. The van der Waals surface area contributed by atoms with Crippen molar-refractivity contribution in [3.8, 4) is 0 Å². The Kier molecular flexibility index (Phi) is 1.94. The molecule has 0 aromatic carbocycles. The first-order valence-electron chi connectivity index (χ1n) is 3.00. The summed E-state index contributed by atoms with van der Waals surface area (Å²) in [4.78, 5) is 4.03. The quantitative estimate of drug-likeness (QED) is 0.652. The lowest BCUT2D eigenvalue weighted by Gasteiger charge is -2.03. The van der Waals surface area contributed by atoms with Gasteiger partial charge in [0, 0.05) is 6.20 Å². The third-order valence-corrected chi connectivity index (χ3v) is 2.22. The van der Waals surface area contributed by atoms with Gasteiger partial charge in [-0.1, -0.05) is 0 Å². The molecule has 0 aliphatic carbocycles. The fraction of sp³-hybridized carbons (Fsp3) is 0.286. The zero-order chi connectivity index (χ0) is 7.72. The molecule has 0 atom stereocenters. The van der Waals surface area contributed by atoms with Crippen LogP contribution in [0.5, 0.6) is 0 Å². The van der Waals surface area contributed by atoms with Crippen molar-refractivity contribution in [3.05, 3.63) is 21.9 Å². The average molecular weight is 201 g/mol. The number of nitrogen functional groups attached to an aromatic ring is 1. The molecule has 1 heterocycles. The van der Waals surface area contributed by atoms with E-state index >= 15 is 0 Å². The Balaban J connectivity index is 3.34. The van der Waals surface area contributed by atoms with E-state index in [9.17, 15) is 0 Å². The predicted octanol–water partition coefficient (Wildman–Crippen LogP) is 2.04. The van der Waals surface area contributed by atoms with Crippen molar-refractivity contribution in [1.82, 2.24) is 4.98 Å². The number of halogens is 1. The van der Waals surface area contributed by atoms with Crippen molar-refractivity contribution < 1.29 is 0 Å². The van der Waals surface area contributed by atoms with Gasteiger partial charge in [-0.15, -0.1) is 0 Å². The molecule has 0 unspecified atom stereocenters. The van der Waals surface area contributed by atoms with Gasteiger partial charge in [0.25, 0.3) is 0 Å². The monoisotopic (exact) mass is 200 g/mol. The molecule has 0 amide bonds. The third-order valence-electron chi connectivity index (χ3n) is 1.59. The maximum atomic E-state index is 5.67. The third kappa shape index (κ3) is 1.14. The summed E-state index contributed by atoms with van der Waals surface area (Å²) in [5, 5.41) is 0. The van der Waals surface area contributed by atoms with E-state index in [2.05, 4.69) is 20.9 Å². The number of hydrogen-bond donors (Lipinski definition) is 1. The molecule has 0 saturated carbocycles. The van der Waals surface area contributed by atoms with E-state index in [-0.39, 0.29) is 0 Å². The minimum Gasteiger partial charge on any atom is -0.396 e. The number of aryl methyl sites for hydroxylation is 1. The number of aromatic nitrogens is 1. The normalized spacial score (nSPS) is 9.90. The number of nitrogens with zero attached hydrogens (tertiary/aromatic N) is 1. The van der Waals surface area contributed by atoms with Gasteiger partial charge in [-0.05, 0) is 40.9 Å². The Bertz CT molecular complexity index is 231. The highest BCUT2D eigenvalue weighted by atomic mass is 79.9. The van der Waals surface area contributed by atoms with Crippen LogP contribution in [0.1, 0.15) is 11.1 Å². The Hall–Kier alpha value is -0.570. The van der Waals surface area contributed by atoms with E-state index in [1.54, 1.807) is 6.20 Å². The minimum atomic E-state index is 0.732. The standard InChI is InChI=1S/C7H9BrN2/c1-4-3-10-7(8)6(9)5(4)2/h3H,9H2,1-2H3. The molecule has 10 heavy (non-hydrogen) atoms. The van der Waals surface area contributed by atoms with Crippen LogP contribution in [0.3, 0.4) is 0 Å². The van der Waals surface area contributed by atoms with Crippen LogP contribution in [0.4, 0.5) is 5.69 Å². The van der Waals surface area contributed by atoms with Gasteiger partial charge in [-0.3, -0.25) is 0 Å². The highest BCUT2D eigenvalue weighted by molar-refractivity contribution is 9.10. The van der Waals surface area contributed by atoms with Crippen LogP contribution in [-0.4, -0.2) is 4.98 Å². The first-order chi connectivity index (χ1) is 4.63. The first-order valence-corrected chi connectivity index (χ1v) is 3.79. The first kappa shape index (κ1) is 7.54. The Morgan fingerprint density at radius 3 is 2.60 bits per heavy atom. The summed E-state index contributed by atoms with van der Waals surface area (Å²) in [5.41, 5.74) is 8.63. The number of hydrogen-bond acceptors (Lipinski definition) is 2. The number of nitrogens with two attached hydrogens (primary N) is 1. The molecule has 2 nitrogen and oxygen atoms in total. The van der Waals surface area contributed by atoms with Crippen LogP contribution >= 0.6 is 15.9 Å². The molecule has 0 radical (unpaired) electrons. The molecule has 0 aliphatic heterocycles. The van der Waals surface area contributed by atoms with E-state index in [4.69, 9.17) is 5.73 Å². The molecule has 0 spiro atoms. The van der Waals surface area contributed by atoms with Crippen molar-refractivity contribution in [3.63, 3.8) is 0 Å². The zero-order valence-corrected chi connectivity index (χ0v) is 7.57. The van der Waals surface area contributed by atoms with Crippen LogP contribution in [0.25, 0.3) is 0 Å². The number of pyridine rings is 1. The fourth-order valence-electron chi connectivity index (χ4n) is 0.687. The van der Waals surface area contributed by atoms with Gasteiger partial charge >= 0.3 is 0 Å². The molecule has 0 aliphatic rings. The Morgan fingerprint density at radius 2 is 2.10 bits per heavy atom. The molecule has 3 heteroatoms. The van der Waals surface area contributed by atoms with E-state index in [1.165, 1.54) is 0 Å². The van der Waals surface area contributed by atoms with Gasteiger partial charge in [0.2, 0.25) is 0 Å². The van der Waals surface area contributed by atoms with Gasteiger partial charge in [0.05, 0.1) is 5.69 Å². The molecule has 1 aromatic rings. The minimum absolute atomic E-state index is 0.732. The van der Waals surface area contributed by atoms with Crippen molar-refractivity contribution in [2.45, 2.75) is 13.8 Å².